The normalized spacial score (nSPS) is 16.1. The van der Waals surface area contributed by atoms with Crippen LogP contribution >= 0.6 is 0 Å². The second-order valence-corrected chi connectivity index (χ2v) is 9.88. The fourth-order valence-corrected chi connectivity index (χ4v) is 4.51. The van der Waals surface area contributed by atoms with Crippen LogP contribution in [0.3, 0.4) is 0 Å². The molecule has 1 amide bonds. The molecule has 2 aromatic carbocycles. The summed E-state index contributed by atoms with van der Waals surface area (Å²) in [6.45, 7) is 2.26. The summed E-state index contributed by atoms with van der Waals surface area (Å²) in [7, 11) is -3.30. The smallest absolute Gasteiger partial charge is 0.328 e. The highest BCUT2D eigenvalue weighted by molar-refractivity contribution is 7.90. The van der Waals surface area contributed by atoms with E-state index in [1.807, 2.05) is 47.9 Å². The van der Waals surface area contributed by atoms with Crippen LogP contribution in [-0.2, 0) is 30.6 Å². The molecule has 1 aliphatic heterocycles. The van der Waals surface area contributed by atoms with E-state index in [0.29, 0.717) is 13.0 Å². The van der Waals surface area contributed by atoms with Crippen molar-refractivity contribution in [2.24, 2.45) is 0 Å². The zero-order chi connectivity index (χ0) is 22.9. The van der Waals surface area contributed by atoms with Crippen molar-refractivity contribution in [2.75, 3.05) is 12.9 Å². The Morgan fingerprint density at radius 2 is 1.81 bits per heavy atom. The Morgan fingerprint density at radius 1 is 1.12 bits per heavy atom. The minimum atomic E-state index is -3.30. The molecule has 3 aromatic rings. The monoisotopic (exact) mass is 452 g/mol. The molecule has 1 unspecified atom stereocenters. The van der Waals surface area contributed by atoms with Crippen molar-refractivity contribution in [3.05, 3.63) is 71.9 Å². The molecular weight excluding hydrogens is 428 g/mol. The highest BCUT2D eigenvalue weighted by Crippen LogP contribution is 2.30. The van der Waals surface area contributed by atoms with Gasteiger partial charge in [0.1, 0.15) is 6.04 Å². The number of amides is 1. The summed E-state index contributed by atoms with van der Waals surface area (Å²) in [5.41, 5.74) is 4.31. The molecule has 7 nitrogen and oxygen atoms in total. The molecule has 1 aliphatic rings. The van der Waals surface area contributed by atoms with Gasteiger partial charge in [-0.25, -0.2) is 13.2 Å². The molecule has 1 atom stereocenters. The summed E-state index contributed by atoms with van der Waals surface area (Å²) in [5.74, 6) is -0.648. The molecule has 4 rings (SSSR count). The van der Waals surface area contributed by atoms with Crippen molar-refractivity contribution in [1.29, 1.82) is 0 Å². The van der Waals surface area contributed by atoms with Crippen LogP contribution in [0, 0.1) is 6.92 Å². The minimum absolute atomic E-state index is 0.115. The van der Waals surface area contributed by atoms with Gasteiger partial charge in [-0.15, -0.1) is 0 Å². The van der Waals surface area contributed by atoms with Crippen LogP contribution in [0.25, 0.3) is 16.9 Å². The molecule has 0 saturated carbocycles. The van der Waals surface area contributed by atoms with Crippen LogP contribution in [-0.4, -0.2) is 43.8 Å². The van der Waals surface area contributed by atoms with E-state index in [9.17, 15) is 18.0 Å². The van der Waals surface area contributed by atoms with Crippen molar-refractivity contribution in [3.63, 3.8) is 0 Å². The van der Waals surface area contributed by atoms with E-state index in [0.717, 1.165) is 28.2 Å². The maximum atomic E-state index is 12.6. The number of carbonyl (C=O) groups is 2. The standard InChI is InChI=1S/C24H24N2O5S/c1-16-18(15-23(27)25-21-12-13-31-24(21)28)14-22(26(16)19-6-4-3-5-7-19)17-8-10-20(11-9-17)32(2,29)30/h3-11,14,21H,12-13,15H2,1-2H3,(H,25,27). The summed E-state index contributed by atoms with van der Waals surface area (Å²) in [6, 6.07) is 17.8. The highest BCUT2D eigenvalue weighted by atomic mass is 32.2. The highest BCUT2D eigenvalue weighted by Gasteiger charge is 2.28. The molecule has 0 spiro atoms. The lowest BCUT2D eigenvalue weighted by Gasteiger charge is -2.13. The van der Waals surface area contributed by atoms with E-state index >= 15 is 0 Å². The van der Waals surface area contributed by atoms with Gasteiger partial charge in [0, 0.05) is 24.1 Å². The predicted octanol–water partition coefficient (Wildman–Crippen LogP) is 2.83. The zero-order valence-electron chi connectivity index (χ0n) is 17.9. The first kappa shape index (κ1) is 21.8. The van der Waals surface area contributed by atoms with Gasteiger partial charge < -0.3 is 14.6 Å². The number of sulfone groups is 1. The van der Waals surface area contributed by atoms with Gasteiger partial charge in [0.25, 0.3) is 0 Å². The van der Waals surface area contributed by atoms with Crippen molar-refractivity contribution in [1.82, 2.24) is 9.88 Å². The number of para-hydroxylation sites is 1. The molecule has 1 fully saturated rings. The number of hydrogen-bond donors (Lipinski definition) is 1. The van der Waals surface area contributed by atoms with Gasteiger partial charge in [-0.05, 0) is 48.4 Å². The van der Waals surface area contributed by atoms with Gasteiger partial charge in [-0.2, -0.15) is 0 Å². The average molecular weight is 453 g/mol. The van der Waals surface area contributed by atoms with E-state index in [2.05, 4.69) is 5.32 Å². The summed E-state index contributed by atoms with van der Waals surface area (Å²) >= 11 is 0. The Hall–Kier alpha value is -3.39. The Bertz CT molecular complexity index is 1260. The Balaban J connectivity index is 1.71. The minimum Gasteiger partial charge on any atom is -0.464 e. The van der Waals surface area contributed by atoms with Gasteiger partial charge >= 0.3 is 5.97 Å². The molecule has 8 heteroatoms. The van der Waals surface area contributed by atoms with Crippen molar-refractivity contribution < 1.29 is 22.7 Å². The number of cyclic esters (lactones) is 1. The summed E-state index contributed by atoms with van der Waals surface area (Å²) < 4.78 is 30.6. The van der Waals surface area contributed by atoms with Gasteiger partial charge in [0.2, 0.25) is 5.91 Å². The fourth-order valence-electron chi connectivity index (χ4n) is 3.88. The van der Waals surface area contributed by atoms with Gasteiger partial charge in [-0.1, -0.05) is 30.3 Å². The maximum absolute atomic E-state index is 12.6. The summed E-state index contributed by atoms with van der Waals surface area (Å²) in [5, 5.41) is 2.75. The second kappa shape index (κ2) is 8.63. The third kappa shape index (κ3) is 4.45. The number of ether oxygens (including phenoxy) is 1. The Kier molecular flexibility index (Phi) is 5.88. The number of hydrogen-bond acceptors (Lipinski definition) is 5. The molecule has 1 saturated heterocycles. The van der Waals surface area contributed by atoms with Crippen LogP contribution in [0.5, 0.6) is 0 Å². The summed E-state index contributed by atoms with van der Waals surface area (Å²) in [6.07, 6.45) is 1.77. The van der Waals surface area contributed by atoms with Crippen molar-refractivity contribution in [3.8, 4) is 16.9 Å². The van der Waals surface area contributed by atoms with Gasteiger partial charge in [0.15, 0.2) is 9.84 Å². The van der Waals surface area contributed by atoms with Gasteiger partial charge in [0.05, 0.1) is 23.6 Å². The molecule has 0 radical (unpaired) electrons. The van der Waals surface area contributed by atoms with Crippen molar-refractivity contribution in [2.45, 2.75) is 30.7 Å². The SMILES string of the molecule is Cc1c(CC(=O)NC2CCOC2=O)cc(-c2ccc(S(C)(=O)=O)cc2)n1-c1ccccc1. The van der Waals surface area contributed by atoms with Crippen LogP contribution in [0.1, 0.15) is 17.7 Å². The number of aromatic nitrogens is 1. The largest absolute Gasteiger partial charge is 0.464 e. The topological polar surface area (TPSA) is 94.5 Å². The van der Waals surface area contributed by atoms with Crippen LogP contribution in [0.15, 0.2) is 65.6 Å². The third-order valence-electron chi connectivity index (χ3n) is 5.57. The molecule has 0 bridgehead atoms. The van der Waals surface area contributed by atoms with E-state index in [4.69, 9.17) is 4.74 Å². The number of nitrogens with one attached hydrogen (secondary N) is 1. The molecule has 0 aliphatic carbocycles. The second-order valence-electron chi connectivity index (χ2n) is 7.86. The third-order valence-corrected chi connectivity index (χ3v) is 6.69. The lowest BCUT2D eigenvalue weighted by Crippen LogP contribution is -2.38. The lowest BCUT2D eigenvalue weighted by molar-refractivity contribution is -0.141. The number of nitrogens with zero attached hydrogens (tertiary/aromatic N) is 1. The molecule has 1 aromatic heterocycles. The molecular formula is C24H24N2O5S. The quantitative estimate of drug-likeness (QED) is 0.581. The average Bonchev–Trinajstić information content (AvgIpc) is 3.31. The molecule has 166 valence electrons. The van der Waals surface area contributed by atoms with E-state index in [1.54, 1.807) is 24.3 Å². The number of rotatable bonds is 6. The first-order valence-corrected chi connectivity index (χ1v) is 12.2. The fraction of sp³-hybridized carbons (Fsp3) is 0.250. The first-order chi connectivity index (χ1) is 15.2. The molecule has 2 heterocycles. The Labute approximate surface area is 186 Å². The first-order valence-electron chi connectivity index (χ1n) is 10.3. The zero-order valence-corrected chi connectivity index (χ0v) is 18.7. The van der Waals surface area contributed by atoms with Crippen LogP contribution < -0.4 is 5.32 Å². The maximum Gasteiger partial charge on any atom is 0.328 e. The lowest BCUT2D eigenvalue weighted by atomic mass is 10.1. The van der Waals surface area contributed by atoms with Crippen LogP contribution in [0.2, 0.25) is 0 Å². The molecule has 1 N–H and O–H groups in total. The van der Waals surface area contributed by atoms with Crippen LogP contribution in [0.4, 0.5) is 0 Å². The number of benzene rings is 2. The summed E-state index contributed by atoms with van der Waals surface area (Å²) in [4.78, 5) is 24.5. The van der Waals surface area contributed by atoms with E-state index < -0.39 is 21.8 Å². The van der Waals surface area contributed by atoms with E-state index in [-0.39, 0.29) is 17.2 Å². The Morgan fingerprint density at radius 3 is 2.41 bits per heavy atom. The van der Waals surface area contributed by atoms with Crippen molar-refractivity contribution >= 4 is 21.7 Å². The number of esters is 1. The predicted molar refractivity (Wildman–Crippen MR) is 120 cm³/mol. The van der Waals surface area contributed by atoms with Gasteiger partial charge in [-0.3, -0.25) is 4.79 Å². The van der Waals surface area contributed by atoms with E-state index in [1.165, 1.54) is 6.26 Å². The molecule has 32 heavy (non-hydrogen) atoms. The number of carbonyl (C=O) groups excluding carboxylic acids is 2.